The van der Waals surface area contributed by atoms with Crippen molar-refractivity contribution in [3.05, 3.63) is 0 Å². The zero-order valence-electron chi connectivity index (χ0n) is 16.3. The van der Waals surface area contributed by atoms with Gasteiger partial charge in [-0.2, -0.15) is 0 Å². The van der Waals surface area contributed by atoms with Crippen LogP contribution in [-0.2, 0) is 24.0 Å². The van der Waals surface area contributed by atoms with E-state index in [1.54, 1.807) is 0 Å². The van der Waals surface area contributed by atoms with E-state index in [1.807, 2.05) is 6.92 Å². The Kier molecular flexibility index (Phi) is 10.7. The van der Waals surface area contributed by atoms with Gasteiger partial charge in [-0.05, 0) is 33.6 Å². The molecule has 154 valence electrons. The summed E-state index contributed by atoms with van der Waals surface area (Å²) >= 11 is 0. The summed E-state index contributed by atoms with van der Waals surface area (Å²) in [7, 11) is 0. The lowest BCUT2D eigenvalue weighted by atomic mass is 10.1. The normalized spacial score (nSPS) is 13.8. The summed E-state index contributed by atoms with van der Waals surface area (Å²) in [6.07, 6.45) is 0.637. The van der Waals surface area contributed by atoms with Crippen LogP contribution in [0.3, 0.4) is 0 Å². The topological polar surface area (TPSA) is 159 Å². The molecular weight excluding hydrogens is 356 g/mol. The second-order valence-electron chi connectivity index (χ2n) is 6.38. The highest BCUT2D eigenvalue weighted by molar-refractivity contribution is 5.93. The van der Waals surface area contributed by atoms with Crippen LogP contribution in [0.25, 0.3) is 0 Å². The van der Waals surface area contributed by atoms with Crippen LogP contribution in [0.5, 0.6) is 0 Å². The first-order valence-corrected chi connectivity index (χ1v) is 8.92. The number of carbonyl (C=O) groups excluding carboxylic acids is 4. The van der Waals surface area contributed by atoms with Crippen LogP contribution in [0.2, 0.25) is 0 Å². The van der Waals surface area contributed by atoms with Gasteiger partial charge >= 0.3 is 5.97 Å². The fourth-order valence-corrected chi connectivity index (χ4v) is 2.32. The van der Waals surface area contributed by atoms with Crippen LogP contribution in [-0.4, -0.2) is 64.3 Å². The molecule has 0 fully saturated rings. The van der Waals surface area contributed by atoms with Crippen LogP contribution < -0.4 is 16.4 Å². The van der Waals surface area contributed by atoms with Gasteiger partial charge in [-0.25, -0.2) is 0 Å². The average molecular weight is 386 g/mol. The molecule has 10 heteroatoms. The zero-order chi connectivity index (χ0) is 21.1. The van der Waals surface area contributed by atoms with E-state index in [1.165, 1.54) is 25.7 Å². The van der Waals surface area contributed by atoms with Gasteiger partial charge in [0.05, 0.1) is 0 Å². The van der Waals surface area contributed by atoms with Gasteiger partial charge in [0.25, 0.3) is 0 Å². The first-order chi connectivity index (χ1) is 12.5. The molecule has 0 aliphatic rings. The molecule has 0 aliphatic carbocycles. The van der Waals surface area contributed by atoms with Crippen LogP contribution in [0.15, 0.2) is 0 Å². The number of hydrogen-bond acceptors (Lipinski definition) is 5. The molecule has 0 rings (SSSR count). The summed E-state index contributed by atoms with van der Waals surface area (Å²) in [4.78, 5) is 59.5. The number of nitrogens with two attached hydrogens (primary N) is 1. The van der Waals surface area contributed by atoms with Gasteiger partial charge < -0.3 is 26.4 Å². The molecule has 0 aliphatic heterocycles. The predicted molar refractivity (Wildman–Crippen MR) is 97.4 cm³/mol. The Morgan fingerprint density at radius 1 is 1.00 bits per heavy atom. The van der Waals surface area contributed by atoms with Gasteiger partial charge in [-0.15, -0.1) is 0 Å². The number of carboxylic acid groups (broad SMARTS) is 1. The molecule has 0 unspecified atom stereocenters. The Labute approximate surface area is 158 Å². The summed E-state index contributed by atoms with van der Waals surface area (Å²) in [6, 6.07) is -2.61. The van der Waals surface area contributed by atoms with Gasteiger partial charge in [0, 0.05) is 19.4 Å². The van der Waals surface area contributed by atoms with E-state index >= 15 is 0 Å². The van der Waals surface area contributed by atoms with Crippen molar-refractivity contribution in [3.8, 4) is 0 Å². The Morgan fingerprint density at radius 2 is 1.59 bits per heavy atom. The molecule has 0 bridgehead atoms. The largest absolute Gasteiger partial charge is 0.481 e. The first kappa shape index (κ1) is 24.4. The first-order valence-electron chi connectivity index (χ1n) is 8.92. The van der Waals surface area contributed by atoms with Crippen LogP contribution in [0.1, 0.15) is 53.4 Å². The molecule has 0 aromatic rings. The second-order valence-corrected chi connectivity index (χ2v) is 6.38. The number of amides is 4. The highest BCUT2D eigenvalue weighted by Gasteiger charge is 2.29. The molecule has 0 aromatic carbocycles. The minimum absolute atomic E-state index is 0.0151. The molecular formula is C17H30N4O6. The number of primary amides is 1. The molecule has 4 amide bonds. The summed E-state index contributed by atoms with van der Waals surface area (Å²) in [5.41, 5.74) is 5.26. The van der Waals surface area contributed by atoms with E-state index in [0.717, 1.165) is 0 Å². The smallest absolute Gasteiger partial charge is 0.303 e. The molecule has 0 saturated carbocycles. The van der Waals surface area contributed by atoms with Gasteiger partial charge in [0.1, 0.15) is 18.1 Å². The summed E-state index contributed by atoms with van der Waals surface area (Å²) < 4.78 is 0. The van der Waals surface area contributed by atoms with Crippen molar-refractivity contribution in [2.24, 2.45) is 5.73 Å². The molecule has 0 aromatic heterocycles. The molecule has 0 saturated heterocycles. The number of rotatable bonds is 12. The number of aliphatic carboxylic acids is 1. The van der Waals surface area contributed by atoms with Gasteiger partial charge in [-0.1, -0.05) is 6.92 Å². The maximum absolute atomic E-state index is 12.5. The summed E-state index contributed by atoms with van der Waals surface area (Å²) in [6.45, 7) is 6.62. The third-order valence-electron chi connectivity index (χ3n) is 3.92. The standard InChI is InChI=1S/C17H30N4O6/c1-5-9-21(12(4)15(18)25)17(27)11(3)20-16(26)10(2)19-13(22)7-6-8-14(23)24/h10-12H,5-9H2,1-4H3,(H2,18,25)(H,19,22)(H,20,26)(H,23,24)/t10-,11-,12-/m0/s1. The summed E-state index contributed by atoms with van der Waals surface area (Å²) in [5.74, 6) is -3.10. The van der Waals surface area contributed by atoms with Crippen LogP contribution >= 0.6 is 0 Å². The number of hydrogen-bond donors (Lipinski definition) is 4. The number of carbonyl (C=O) groups is 5. The Balaban J connectivity index is 4.67. The van der Waals surface area contributed by atoms with E-state index in [0.29, 0.717) is 13.0 Å². The second kappa shape index (κ2) is 11.9. The average Bonchev–Trinajstić information content (AvgIpc) is 2.57. The van der Waals surface area contributed by atoms with E-state index in [2.05, 4.69) is 10.6 Å². The monoisotopic (exact) mass is 386 g/mol. The molecule has 5 N–H and O–H groups in total. The van der Waals surface area contributed by atoms with E-state index in [-0.39, 0.29) is 19.3 Å². The van der Waals surface area contributed by atoms with Crippen molar-refractivity contribution < 1.29 is 29.1 Å². The zero-order valence-corrected chi connectivity index (χ0v) is 16.3. The quantitative estimate of drug-likeness (QED) is 0.349. The van der Waals surface area contributed by atoms with E-state index in [4.69, 9.17) is 10.8 Å². The van der Waals surface area contributed by atoms with Crippen molar-refractivity contribution in [1.29, 1.82) is 0 Å². The highest BCUT2D eigenvalue weighted by atomic mass is 16.4. The van der Waals surface area contributed by atoms with E-state index in [9.17, 15) is 24.0 Å². The van der Waals surface area contributed by atoms with Crippen molar-refractivity contribution in [2.75, 3.05) is 6.54 Å². The fourth-order valence-electron chi connectivity index (χ4n) is 2.32. The third-order valence-corrected chi connectivity index (χ3v) is 3.92. The molecule has 3 atom stereocenters. The van der Waals surface area contributed by atoms with Crippen LogP contribution in [0, 0.1) is 0 Å². The Bertz CT molecular complexity index is 566. The molecule has 27 heavy (non-hydrogen) atoms. The minimum Gasteiger partial charge on any atom is -0.481 e. The van der Waals surface area contributed by atoms with Crippen molar-refractivity contribution in [2.45, 2.75) is 71.5 Å². The predicted octanol–water partition coefficient (Wildman–Crippen LogP) is -0.637. The van der Waals surface area contributed by atoms with Gasteiger partial charge in [0.15, 0.2) is 0 Å². The lowest BCUT2D eigenvalue weighted by Crippen LogP contribution is -2.55. The van der Waals surface area contributed by atoms with Crippen molar-refractivity contribution >= 4 is 29.6 Å². The third kappa shape index (κ3) is 9.02. The maximum atomic E-state index is 12.5. The number of nitrogens with one attached hydrogen (secondary N) is 2. The van der Waals surface area contributed by atoms with Gasteiger partial charge in [-0.3, -0.25) is 24.0 Å². The molecule has 0 heterocycles. The van der Waals surface area contributed by atoms with Crippen molar-refractivity contribution in [3.63, 3.8) is 0 Å². The van der Waals surface area contributed by atoms with Crippen molar-refractivity contribution in [1.82, 2.24) is 15.5 Å². The van der Waals surface area contributed by atoms with Crippen LogP contribution in [0.4, 0.5) is 0 Å². The number of nitrogens with zero attached hydrogens (tertiary/aromatic N) is 1. The molecule has 0 radical (unpaired) electrons. The van der Waals surface area contributed by atoms with E-state index < -0.39 is 47.7 Å². The Hall–Kier alpha value is -2.65. The minimum atomic E-state index is -0.997. The SMILES string of the molecule is CCCN(C(=O)[C@H](C)NC(=O)[C@H](C)NC(=O)CCCC(=O)O)[C@@H](C)C(N)=O. The maximum Gasteiger partial charge on any atom is 0.303 e. The lowest BCUT2D eigenvalue weighted by molar-refractivity contribution is -0.141. The Morgan fingerprint density at radius 3 is 2.07 bits per heavy atom. The van der Waals surface area contributed by atoms with Gasteiger partial charge in [0.2, 0.25) is 23.6 Å². The molecule has 0 spiro atoms. The molecule has 10 nitrogen and oxygen atoms in total. The lowest BCUT2D eigenvalue weighted by Gasteiger charge is -2.30. The highest BCUT2D eigenvalue weighted by Crippen LogP contribution is 2.05. The summed E-state index contributed by atoms with van der Waals surface area (Å²) in [5, 5.41) is 13.5. The fraction of sp³-hybridized carbons (Fsp3) is 0.706. The number of carboxylic acids is 1.